The Labute approximate surface area is 208 Å². The molecule has 0 aliphatic carbocycles. The van der Waals surface area contributed by atoms with Gasteiger partial charge in [-0.1, -0.05) is 60.3 Å². The van der Waals surface area contributed by atoms with Gasteiger partial charge in [-0.25, -0.2) is 10.1 Å². The number of nitrogens with two attached hydrogens (primary N) is 1. The van der Waals surface area contributed by atoms with Gasteiger partial charge in [-0.3, -0.25) is 4.79 Å². The van der Waals surface area contributed by atoms with Crippen molar-refractivity contribution in [3.05, 3.63) is 72.3 Å². The summed E-state index contributed by atoms with van der Waals surface area (Å²) < 4.78 is 1.27. The first-order valence-corrected chi connectivity index (χ1v) is 12.3. The highest BCUT2D eigenvalue weighted by atomic mass is 32.2. The maximum Gasteiger partial charge on any atom is 0.264 e. The van der Waals surface area contributed by atoms with E-state index in [0.29, 0.717) is 5.16 Å². The highest BCUT2D eigenvalue weighted by molar-refractivity contribution is 7.99. The van der Waals surface area contributed by atoms with Crippen molar-refractivity contribution in [3.63, 3.8) is 0 Å². The first kappa shape index (κ1) is 24.1. The van der Waals surface area contributed by atoms with Gasteiger partial charge in [0.25, 0.3) is 5.95 Å². The molecule has 1 heterocycles. The maximum absolute atomic E-state index is 12.5. The molecule has 4 rings (SSSR count). The lowest BCUT2D eigenvalue weighted by atomic mass is 10.1. The molecule has 0 radical (unpaired) electrons. The third kappa shape index (κ3) is 5.90. The summed E-state index contributed by atoms with van der Waals surface area (Å²) in [7, 11) is 0. The number of benzene rings is 3. The van der Waals surface area contributed by atoms with Crippen LogP contribution < -0.4 is 21.5 Å². The molecule has 0 bridgehead atoms. The van der Waals surface area contributed by atoms with E-state index in [1.807, 2.05) is 54.6 Å². The van der Waals surface area contributed by atoms with Crippen molar-refractivity contribution < 1.29 is 4.79 Å². The van der Waals surface area contributed by atoms with Crippen LogP contribution in [0.4, 0.5) is 17.3 Å². The number of hydrogen-bond acceptors (Lipinski definition) is 8. The van der Waals surface area contributed by atoms with Crippen LogP contribution in [0.15, 0.2) is 77.0 Å². The highest BCUT2D eigenvalue weighted by Gasteiger charge is 2.13. The van der Waals surface area contributed by atoms with Crippen LogP contribution >= 0.6 is 11.8 Å². The molecule has 9 nitrogen and oxygen atoms in total. The number of aromatic nitrogens is 3. The Morgan fingerprint density at radius 2 is 1.80 bits per heavy atom. The minimum atomic E-state index is -0.157. The minimum absolute atomic E-state index is 0.140. The number of hydrogen-bond donors (Lipinski definition) is 3. The number of carbonyl (C=O) groups excluding carboxylic acids is 1. The molecule has 0 saturated heterocycles. The molecule has 0 fully saturated rings. The summed E-state index contributed by atoms with van der Waals surface area (Å²) >= 11 is 1.19. The Balaban J connectivity index is 1.31. The SMILES string of the molecule is CCN(CC)c1ccc(/C=N/Nc2nnc(SCC(=O)Nc3cccc4ccccc34)n2N)cc1. The molecule has 4 N–H and O–H groups in total. The number of anilines is 3. The first-order valence-electron chi connectivity index (χ1n) is 11.3. The van der Waals surface area contributed by atoms with Crippen LogP contribution in [-0.4, -0.2) is 45.8 Å². The van der Waals surface area contributed by atoms with Crippen molar-refractivity contribution in [1.82, 2.24) is 14.9 Å². The first-order chi connectivity index (χ1) is 17.1. The van der Waals surface area contributed by atoms with Crippen LogP contribution in [-0.2, 0) is 4.79 Å². The molecule has 1 amide bonds. The van der Waals surface area contributed by atoms with Gasteiger partial charge >= 0.3 is 0 Å². The van der Waals surface area contributed by atoms with Crippen LogP contribution in [0.25, 0.3) is 10.8 Å². The van der Waals surface area contributed by atoms with Gasteiger partial charge in [0.1, 0.15) is 0 Å². The Hall–Kier alpha value is -4.05. The lowest BCUT2D eigenvalue weighted by molar-refractivity contribution is -0.113. The van der Waals surface area contributed by atoms with Gasteiger partial charge in [0, 0.05) is 29.9 Å². The third-order valence-electron chi connectivity index (χ3n) is 5.46. The topological polar surface area (TPSA) is 113 Å². The Bertz CT molecular complexity index is 1310. The zero-order valence-electron chi connectivity index (χ0n) is 19.7. The largest absolute Gasteiger partial charge is 0.372 e. The number of nitrogens with zero attached hydrogens (tertiary/aromatic N) is 5. The molecule has 0 atom stereocenters. The Morgan fingerprint density at radius 1 is 1.06 bits per heavy atom. The summed E-state index contributed by atoms with van der Waals surface area (Å²) in [5.41, 5.74) is 5.68. The van der Waals surface area contributed by atoms with Crippen molar-refractivity contribution in [3.8, 4) is 0 Å². The van der Waals surface area contributed by atoms with Crippen LogP contribution in [0.5, 0.6) is 0 Å². The average Bonchev–Trinajstić information content (AvgIpc) is 3.24. The number of thioether (sulfide) groups is 1. The van der Waals surface area contributed by atoms with Crippen molar-refractivity contribution in [2.24, 2.45) is 5.10 Å². The molecule has 10 heteroatoms. The summed E-state index contributed by atoms with van der Waals surface area (Å²) in [6, 6.07) is 21.8. The summed E-state index contributed by atoms with van der Waals surface area (Å²) in [4.78, 5) is 14.8. The lowest BCUT2D eigenvalue weighted by Gasteiger charge is -2.20. The van der Waals surface area contributed by atoms with Gasteiger partial charge in [-0.2, -0.15) is 5.10 Å². The molecule has 0 unspecified atom stereocenters. The maximum atomic E-state index is 12.5. The number of hydrazone groups is 1. The second-order valence-electron chi connectivity index (χ2n) is 7.67. The number of nitrogen functional groups attached to an aromatic ring is 1. The average molecular weight is 489 g/mol. The van der Waals surface area contributed by atoms with Crippen molar-refractivity contribution in [2.75, 3.05) is 40.3 Å². The van der Waals surface area contributed by atoms with Gasteiger partial charge < -0.3 is 16.1 Å². The zero-order chi connectivity index (χ0) is 24.6. The smallest absolute Gasteiger partial charge is 0.264 e. The van der Waals surface area contributed by atoms with Gasteiger partial charge in [0.15, 0.2) is 0 Å². The van der Waals surface area contributed by atoms with E-state index < -0.39 is 0 Å². The van der Waals surface area contributed by atoms with E-state index in [1.165, 1.54) is 22.1 Å². The number of nitrogens with one attached hydrogen (secondary N) is 2. The number of amides is 1. The third-order valence-corrected chi connectivity index (χ3v) is 6.40. The molecule has 0 aliphatic heterocycles. The zero-order valence-corrected chi connectivity index (χ0v) is 20.5. The van der Waals surface area contributed by atoms with E-state index in [0.717, 1.165) is 35.1 Å². The van der Waals surface area contributed by atoms with Crippen molar-refractivity contribution in [1.29, 1.82) is 0 Å². The second kappa shape index (κ2) is 11.4. The number of fused-ring (bicyclic) bond motifs is 1. The molecular formula is C25H28N8OS. The summed E-state index contributed by atoms with van der Waals surface area (Å²) in [5, 5.41) is 17.7. The Morgan fingerprint density at radius 3 is 2.57 bits per heavy atom. The monoisotopic (exact) mass is 488 g/mol. The normalized spacial score (nSPS) is 11.1. The van der Waals surface area contributed by atoms with Gasteiger partial charge in [0.2, 0.25) is 11.1 Å². The van der Waals surface area contributed by atoms with E-state index in [-0.39, 0.29) is 17.6 Å². The van der Waals surface area contributed by atoms with E-state index in [2.05, 4.69) is 56.9 Å². The quantitative estimate of drug-likeness (QED) is 0.133. The molecule has 0 spiro atoms. The molecule has 180 valence electrons. The number of carbonyl (C=O) groups is 1. The van der Waals surface area contributed by atoms with Crippen LogP contribution in [0.2, 0.25) is 0 Å². The molecular weight excluding hydrogens is 460 g/mol. The molecule has 0 aliphatic rings. The van der Waals surface area contributed by atoms with E-state index in [9.17, 15) is 4.79 Å². The molecule has 0 saturated carbocycles. The van der Waals surface area contributed by atoms with E-state index in [1.54, 1.807) is 6.21 Å². The fourth-order valence-electron chi connectivity index (χ4n) is 3.63. The van der Waals surface area contributed by atoms with Crippen LogP contribution in [0, 0.1) is 0 Å². The summed E-state index contributed by atoms with van der Waals surface area (Å²) in [6.07, 6.45) is 1.69. The number of rotatable bonds is 10. The van der Waals surface area contributed by atoms with Gasteiger partial charge in [-0.15, -0.1) is 10.2 Å². The lowest BCUT2D eigenvalue weighted by Crippen LogP contribution is -2.21. The highest BCUT2D eigenvalue weighted by Crippen LogP contribution is 2.24. The fourth-order valence-corrected chi connectivity index (χ4v) is 4.28. The predicted molar refractivity (Wildman–Crippen MR) is 145 cm³/mol. The van der Waals surface area contributed by atoms with E-state index in [4.69, 9.17) is 5.84 Å². The summed E-state index contributed by atoms with van der Waals surface area (Å²) in [6.45, 7) is 6.19. The molecule has 35 heavy (non-hydrogen) atoms. The van der Waals surface area contributed by atoms with Gasteiger partial charge in [-0.05, 0) is 43.0 Å². The van der Waals surface area contributed by atoms with Crippen molar-refractivity contribution in [2.45, 2.75) is 19.0 Å². The summed E-state index contributed by atoms with van der Waals surface area (Å²) in [5.74, 6) is 6.34. The fraction of sp³-hybridized carbons (Fsp3) is 0.200. The standard InChI is InChI=1S/C25H28N8OS/c1-3-32(4-2)20-14-12-18(13-15-20)16-27-29-24-30-31-25(33(24)26)35-17-23(34)28-22-11-7-9-19-8-5-6-10-21(19)22/h5-16H,3-4,17,26H2,1-2H3,(H,28,34)(H,29,30)/b27-16+. The van der Waals surface area contributed by atoms with Crippen LogP contribution in [0.3, 0.4) is 0 Å². The molecule has 1 aromatic heterocycles. The van der Waals surface area contributed by atoms with Gasteiger partial charge in [0.05, 0.1) is 12.0 Å². The van der Waals surface area contributed by atoms with Crippen LogP contribution in [0.1, 0.15) is 19.4 Å². The minimum Gasteiger partial charge on any atom is -0.372 e. The Kier molecular flexibility index (Phi) is 7.84. The van der Waals surface area contributed by atoms with Crippen molar-refractivity contribution >= 4 is 52.0 Å². The molecule has 4 aromatic rings. The predicted octanol–water partition coefficient (Wildman–Crippen LogP) is 4.17. The van der Waals surface area contributed by atoms with E-state index >= 15 is 0 Å². The second-order valence-corrected chi connectivity index (χ2v) is 8.62. The molecule has 3 aromatic carbocycles.